The molecule has 7 nitrogen and oxygen atoms in total. The van der Waals surface area contributed by atoms with Gasteiger partial charge < -0.3 is 0 Å². The molecule has 3 aromatic heterocycles. The average molecular weight is 493 g/mol. The van der Waals surface area contributed by atoms with Gasteiger partial charge in [-0.3, -0.25) is 19.4 Å². The Morgan fingerprint density at radius 2 is 1.92 bits per heavy atom. The van der Waals surface area contributed by atoms with E-state index >= 15 is 0 Å². The third kappa shape index (κ3) is 3.72. The van der Waals surface area contributed by atoms with Gasteiger partial charge in [-0.1, -0.05) is 0 Å². The highest BCUT2D eigenvalue weighted by molar-refractivity contribution is 5.96. The number of benzene rings is 1. The van der Waals surface area contributed by atoms with E-state index in [9.17, 15) is 18.0 Å². The van der Waals surface area contributed by atoms with E-state index in [0.29, 0.717) is 17.8 Å². The number of carbonyl (C=O) groups is 1. The number of hydrogen-bond acceptors (Lipinski definition) is 5. The first-order valence-electron chi connectivity index (χ1n) is 11.9. The summed E-state index contributed by atoms with van der Waals surface area (Å²) in [4.78, 5) is 19.8. The largest absolute Gasteiger partial charge is 0.291 e. The van der Waals surface area contributed by atoms with Gasteiger partial charge in [0, 0.05) is 42.8 Å². The molecule has 2 aliphatic rings. The minimum absolute atomic E-state index is 0.0765. The van der Waals surface area contributed by atoms with Crippen LogP contribution in [0.25, 0.3) is 16.9 Å². The van der Waals surface area contributed by atoms with E-state index in [1.807, 2.05) is 6.07 Å². The zero-order valence-electron chi connectivity index (χ0n) is 19.5. The molecule has 4 aromatic rings. The SMILES string of the molecule is Cn1nc2c(c1-c1cc(F)c(F)c(F)c1)C[C@@H]1CCC[C@H]2N1CC(=O)c1cc(-n2cccn2)ccn1. The van der Waals surface area contributed by atoms with Crippen molar-refractivity contribution in [3.63, 3.8) is 0 Å². The summed E-state index contributed by atoms with van der Waals surface area (Å²) in [5.74, 6) is -4.04. The summed E-state index contributed by atoms with van der Waals surface area (Å²) in [6, 6.07) is 7.34. The molecule has 0 amide bonds. The Bertz CT molecular complexity index is 1440. The first-order chi connectivity index (χ1) is 17.4. The molecule has 2 bridgehead atoms. The van der Waals surface area contributed by atoms with Crippen molar-refractivity contribution in [2.24, 2.45) is 7.05 Å². The number of carbonyl (C=O) groups excluding carboxylic acids is 1. The number of Topliss-reactive ketones (excluding diaryl/α,β-unsaturated/α-hetero) is 1. The zero-order valence-corrected chi connectivity index (χ0v) is 19.5. The highest BCUT2D eigenvalue weighted by atomic mass is 19.2. The van der Waals surface area contributed by atoms with Crippen molar-refractivity contribution in [2.75, 3.05) is 6.54 Å². The van der Waals surface area contributed by atoms with Crippen molar-refractivity contribution >= 4 is 5.78 Å². The minimum Gasteiger partial charge on any atom is -0.291 e. The highest BCUT2D eigenvalue weighted by Crippen LogP contribution is 2.44. The highest BCUT2D eigenvalue weighted by Gasteiger charge is 2.42. The Kier molecular flexibility index (Phi) is 5.48. The van der Waals surface area contributed by atoms with E-state index in [1.54, 1.807) is 47.1 Å². The predicted octanol–water partition coefficient (Wildman–Crippen LogP) is 4.42. The van der Waals surface area contributed by atoms with Crippen LogP contribution >= 0.6 is 0 Å². The summed E-state index contributed by atoms with van der Waals surface area (Å²) in [6.45, 7) is 0.191. The monoisotopic (exact) mass is 492 g/mol. The molecule has 1 saturated heterocycles. The smallest absolute Gasteiger partial charge is 0.195 e. The van der Waals surface area contributed by atoms with Gasteiger partial charge in [-0.15, -0.1) is 0 Å². The van der Waals surface area contributed by atoms with Crippen LogP contribution in [0.4, 0.5) is 13.2 Å². The molecule has 2 aliphatic heterocycles. The molecule has 0 N–H and O–H groups in total. The summed E-state index contributed by atoms with van der Waals surface area (Å²) in [7, 11) is 1.72. The van der Waals surface area contributed by atoms with E-state index in [0.717, 1.165) is 48.3 Å². The number of nitrogens with zero attached hydrogens (tertiary/aromatic N) is 6. The number of pyridine rings is 1. The first-order valence-corrected chi connectivity index (χ1v) is 11.9. The molecular formula is C26H23F3N6O. The van der Waals surface area contributed by atoms with Crippen LogP contribution in [0.15, 0.2) is 48.9 Å². The quantitative estimate of drug-likeness (QED) is 0.305. The van der Waals surface area contributed by atoms with Gasteiger partial charge in [0.15, 0.2) is 23.2 Å². The maximum atomic E-state index is 14.0. The van der Waals surface area contributed by atoms with Crippen LogP contribution in [0, 0.1) is 17.5 Å². The summed E-state index contributed by atoms with van der Waals surface area (Å²) in [6.07, 6.45) is 8.37. The molecular weight excluding hydrogens is 469 g/mol. The number of aryl methyl sites for hydroxylation is 1. The average Bonchev–Trinajstić information content (AvgIpc) is 3.51. The number of rotatable bonds is 5. The summed E-state index contributed by atoms with van der Waals surface area (Å²) < 4.78 is 44.9. The summed E-state index contributed by atoms with van der Waals surface area (Å²) in [5, 5.41) is 8.92. The number of piperidine rings is 1. The van der Waals surface area contributed by atoms with Crippen molar-refractivity contribution in [3.8, 4) is 16.9 Å². The predicted molar refractivity (Wildman–Crippen MR) is 125 cm³/mol. The van der Waals surface area contributed by atoms with Gasteiger partial charge in [0.2, 0.25) is 0 Å². The van der Waals surface area contributed by atoms with Crippen LogP contribution in [0.1, 0.15) is 47.1 Å². The fourth-order valence-electron chi connectivity index (χ4n) is 5.61. The molecule has 1 aromatic carbocycles. The topological polar surface area (TPSA) is 68.8 Å². The lowest BCUT2D eigenvalue weighted by atomic mass is 9.81. The lowest BCUT2D eigenvalue weighted by Crippen LogP contribution is -2.48. The van der Waals surface area contributed by atoms with Crippen LogP contribution in [0.2, 0.25) is 0 Å². The van der Waals surface area contributed by atoms with Gasteiger partial charge in [-0.05, 0) is 56.0 Å². The van der Waals surface area contributed by atoms with Crippen LogP contribution < -0.4 is 0 Å². The standard InChI is InChI=1S/C26H23F3N6O/c1-33-26(15-10-19(27)24(29)20(28)11-15)18-12-16-4-2-5-22(25(18)32-33)34(16)14-23(36)21-13-17(6-8-30-21)35-9-3-7-31-35/h3,6-11,13,16,22H,2,4-5,12,14H2,1H3/t16-,22+/m0/s1. The third-order valence-corrected chi connectivity index (χ3v) is 7.20. The molecule has 0 aliphatic carbocycles. The Labute approximate surface area is 205 Å². The maximum Gasteiger partial charge on any atom is 0.195 e. The molecule has 5 heterocycles. The molecule has 0 radical (unpaired) electrons. The maximum absolute atomic E-state index is 14.0. The van der Waals surface area contributed by atoms with Gasteiger partial charge in [0.05, 0.1) is 29.7 Å². The normalized spacial score (nSPS) is 19.3. The third-order valence-electron chi connectivity index (χ3n) is 7.20. The fourth-order valence-corrected chi connectivity index (χ4v) is 5.61. The fraction of sp³-hybridized carbons (Fsp3) is 0.308. The van der Waals surface area contributed by atoms with Crippen molar-refractivity contribution < 1.29 is 18.0 Å². The second-order valence-electron chi connectivity index (χ2n) is 9.34. The van der Waals surface area contributed by atoms with Crippen LogP contribution in [-0.2, 0) is 13.5 Å². The molecule has 6 rings (SSSR count). The number of halogens is 3. The lowest BCUT2D eigenvalue weighted by molar-refractivity contribution is 0.0559. The van der Waals surface area contributed by atoms with Crippen LogP contribution in [-0.4, -0.2) is 47.8 Å². The Balaban J connectivity index is 1.32. The van der Waals surface area contributed by atoms with Gasteiger partial charge >= 0.3 is 0 Å². The Morgan fingerprint density at radius 3 is 2.67 bits per heavy atom. The Hall–Kier alpha value is -3.79. The van der Waals surface area contributed by atoms with Crippen molar-refractivity contribution in [2.45, 2.75) is 37.8 Å². The minimum atomic E-state index is -1.48. The summed E-state index contributed by atoms with van der Waals surface area (Å²) in [5.41, 5.74) is 3.67. The van der Waals surface area contributed by atoms with Gasteiger partial charge in [-0.25, -0.2) is 17.9 Å². The zero-order chi connectivity index (χ0) is 25.0. The van der Waals surface area contributed by atoms with Gasteiger partial charge in [0.1, 0.15) is 5.69 Å². The molecule has 0 unspecified atom stereocenters. The van der Waals surface area contributed by atoms with Gasteiger partial charge in [-0.2, -0.15) is 10.2 Å². The van der Waals surface area contributed by atoms with E-state index in [2.05, 4.69) is 15.0 Å². The molecule has 2 atom stereocenters. The Morgan fingerprint density at radius 1 is 1.11 bits per heavy atom. The van der Waals surface area contributed by atoms with Crippen molar-refractivity contribution in [3.05, 3.63) is 83.3 Å². The van der Waals surface area contributed by atoms with Crippen LogP contribution in [0.5, 0.6) is 0 Å². The number of hydrogen-bond donors (Lipinski definition) is 0. The van der Waals surface area contributed by atoms with Gasteiger partial charge in [0.25, 0.3) is 0 Å². The number of fused-ring (bicyclic) bond motifs is 4. The molecule has 0 saturated carbocycles. The second-order valence-corrected chi connectivity index (χ2v) is 9.34. The van der Waals surface area contributed by atoms with Crippen molar-refractivity contribution in [1.29, 1.82) is 0 Å². The summed E-state index contributed by atoms with van der Waals surface area (Å²) >= 11 is 0. The first kappa shape index (κ1) is 22.7. The molecule has 1 fully saturated rings. The van der Waals surface area contributed by atoms with E-state index in [4.69, 9.17) is 5.10 Å². The molecule has 0 spiro atoms. The molecule has 184 valence electrons. The molecule has 36 heavy (non-hydrogen) atoms. The lowest BCUT2D eigenvalue weighted by Gasteiger charge is -2.45. The van der Waals surface area contributed by atoms with E-state index < -0.39 is 17.5 Å². The second kappa shape index (κ2) is 8.70. The number of aromatic nitrogens is 5. The van der Waals surface area contributed by atoms with Crippen molar-refractivity contribution in [1.82, 2.24) is 29.4 Å². The van der Waals surface area contributed by atoms with Crippen LogP contribution in [0.3, 0.4) is 0 Å². The number of ketones is 1. The van der Waals surface area contributed by atoms with E-state index in [1.165, 1.54) is 0 Å². The molecule has 10 heteroatoms. The van der Waals surface area contributed by atoms with E-state index in [-0.39, 0.29) is 30.0 Å².